The summed E-state index contributed by atoms with van der Waals surface area (Å²) in [4.78, 5) is 0. The van der Waals surface area contributed by atoms with Crippen LogP contribution >= 0.6 is 23.4 Å². The van der Waals surface area contributed by atoms with Gasteiger partial charge >= 0.3 is 0 Å². The third kappa shape index (κ3) is 1.92. The zero-order valence-corrected chi connectivity index (χ0v) is 10.7. The highest BCUT2D eigenvalue weighted by Gasteiger charge is 2.16. The third-order valence-electron chi connectivity index (χ3n) is 2.74. The van der Waals surface area contributed by atoms with Gasteiger partial charge in [-0.25, -0.2) is 4.39 Å². The molecule has 0 amide bonds. The highest BCUT2D eigenvalue weighted by molar-refractivity contribution is 7.98. The number of rotatable bonds is 2. The van der Waals surface area contributed by atoms with Gasteiger partial charge in [-0.2, -0.15) is 11.8 Å². The summed E-state index contributed by atoms with van der Waals surface area (Å²) >= 11 is 7.72. The van der Waals surface area contributed by atoms with Crippen LogP contribution in [0.15, 0.2) is 30.3 Å². The summed E-state index contributed by atoms with van der Waals surface area (Å²) < 4.78 is 13.7. The molecule has 0 radical (unpaired) electrons. The van der Waals surface area contributed by atoms with E-state index in [-0.39, 0.29) is 16.1 Å². The van der Waals surface area contributed by atoms with E-state index in [0.717, 1.165) is 16.3 Å². The fourth-order valence-electron chi connectivity index (χ4n) is 1.83. The molecule has 0 saturated carbocycles. The molecule has 0 aliphatic carbocycles. The topological polar surface area (TPSA) is 0 Å². The maximum absolute atomic E-state index is 13.7. The van der Waals surface area contributed by atoms with Crippen molar-refractivity contribution in [1.82, 2.24) is 0 Å². The van der Waals surface area contributed by atoms with Crippen molar-refractivity contribution >= 4 is 34.1 Å². The second-order valence-corrected chi connectivity index (χ2v) is 5.24. The van der Waals surface area contributed by atoms with Gasteiger partial charge in [0.25, 0.3) is 0 Å². The second-order valence-electron chi connectivity index (χ2n) is 3.69. The highest BCUT2D eigenvalue weighted by atomic mass is 35.5. The molecule has 0 fully saturated rings. The molecular formula is C13H12ClFS. The number of hydrogen-bond donors (Lipinski definition) is 0. The van der Waals surface area contributed by atoms with Crippen molar-refractivity contribution in [1.29, 1.82) is 0 Å². The van der Waals surface area contributed by atoms with Crippen molar-refractivity contribution in [3.05, 3.63) is 46.7 Å². The quantitative estimate of drug-likeness (QED) is 0.722. The Bertz CT molecular complexity index is 525. The van der Waals surface area contributed by atoms with Gasteiger partial charge in [-0.1, -0.05) is 35.9 Å². The molecule has 0 N–H and O–H groups in total. The molecule has 0 saturated heterocycles. The summed E-state index contributed by atoms with van der Waals surface area (Å²) in [7, 11) is 0. The van der Waals surface area contributed by atoms with Crippen LogP contribution in [0.4, 0.5) is 4.39 Å². The maximum Gasteiger partial charge on any atom is 0.142 e. The summed E-state index contributed by atoms with van der Waals surface area (Å²) in [6.45, 7) is 2.04. The molecule has 84 valence electrons. The van der Waals surface area contributed by atoms with Crippen molar-refractivity contribution in [2.45, 2.75) is 12.2 Å². The van der Waals surface area contributed by atoms with Crippen molar-refractivity contribution in [2.24, 2.45) is 0 Å². The molecule has 1 unspecified atom stereocenters. The number of hydrogen-bond acceptors (Lipinski definition) is 1. The van der Waals surface area contributed by atoms with Crippen LogP contribution in [0.2, 0.25) is 5.02 Å². The van der Waals surface area contributed by atoms with E-state index in [1.54, 1.807) is 11.8 Å². The van der Waals surface area contributed by atoms with Crippen molar-refractivity contribution < 1.29 is 4.39 Å². The van der Waals surface area contributed by atoms with E-state index in [4.69, 9.17) is 11.6 Å². The Kier molecular flexibility index (Phi) is 3.41. The normalized spacial score (nSPS) is 13.0. The van der Waals surface area contributed by atoms with Gasteiger partial charge in [0.15, 0.2) is 0 Å². The van der Waals surface area contributed by atoms with E-state index in [1.807, 2.05) is 37.4 Å². The van der Waals surface area contributed by atoms with Crippen LogP contribution in [0.1, 0.15) is 17.7 Å². The SMILES string of the molecule is CSC(C)c1c(Cl)c(F)cc2ccccc12. The van der Waals surface area contributed by atoms with Gasteiger partial charge < -0.3 is 0 Å². The number of thioether (sulfide) groups is 1. The molecule has 0 heterocycles. The zero-order valence-electron chi connectivity index (χ0n) is 9.13. The average molecular weight is 255 g/mol. The molecule has 0 bridgehead atoms. The van der Waals surface area contributed by atoms with Crippen LogP contribution in [-0.2, 0) is 0 Å². The fraction of sp³-hybridized carbons (Fsp3) is 0.231. The van der Waals surface area contributed by atoms with Gasteiger partial charge in [0.2, 0.25) is 0 Å². The smallest absolute Gasteiger partial charge is 0.142 e. The molecule has 0 aromatic heterocycles. The first-order valence-corrected chi connectivity index (χ1v) is 6.71. The van der Waals surface area contributed by atoms with Crippen LogP contribution in [-0.4, -0.2) is 6.26 Å². The van der Waals surface area contributed by atoms with Gasteiger partial charge in [0.1, 0.15) is 5.82 Å². The summed E-state index contributed by atoms with van der Waals surface area (Å²) in [5.41, 5.74) is 0.893. The van der Waals surface area contributed by atoms with Gasteiger partial charge in [0.05, 0.1) is 5.02 Å². The average Bonchev–Trinajstić information content (AvgIpc) is 2.30. The van der Waals surface area contributed by atoms with Crippen LogP contribution < -0.4 is 0 Å². The monoisotopic (exact) mass is 254 g/mol. The molecule has 0 aliphatic heterocycles. The lowest BCUT2D eigenvalue weighted by molar-refractivity contribution is 0.628. The molecule has 0 aliphatic rings. The van der Waals surface area contributed by atoms with E-state index in [1.165, 1.54) is 6.07 Å². The largest absolute Gasteiger partial charge is 0.205 e. The van der Waals surface area contributed by atoms with Crippen LogP contribution in [0, 0.1) is 5.82 Å². The van der Waals surface area contributed by atoms with Gasteiger partial charge in [-0.05, 0) is 35.6 Å². The van der Waals surface area contributed by atoms with Crippen LogP contribution in [0.3, 0.4) is 0 Å². The molecule has 1 atom stereocenters. The summed E-state index contributed by atoms with van der Waals surface area (Å²) in [6.07, 6.45) is 2.00. The Labute approximate surface area is 104 Å². The Balaban J connectivity index is 2.81. The van der Waals surface area contributed by atoms with Crippen molar-refractivity contribution in [3.63, 3.8) is 0 Å². The molecule has 3 heteroatoms. The minimum atomic E-state index is -0.337. The van der Waals surface area contributed by atoms with Crippen molar-refractivity contribution in [3.8, 4) is 0 Å². The first-order valence-electron chi connectivity index (χ1n) is 5.04. The number of fused-ring (bicyclic) bond motifs is 1. The van der Waals surface area contributed by atoms with E-state index in [2.05, 4.69) is 0 Å². The number of halogens is 2. The lowest BCUT2D eigenvalue weighted by Crippen LogP contribution is -1.94. The molecule has 2 aromatic rings. The van der Waals surface area contributed by atoms with Gasteiger partial charge in [-0.15, -0.1) is 0 Å². The van der Waals surface area contributed by atoms with E-state index < -0.39 is 0 Å². The molecule has 0 spiro atoms. The molecule has 16 heavy (non-hydrogen) atoms. The highest BCUT2D eigenvalue weighted by Crippen LogP contribution is 2.38. The Morgan fingerprint density at radius 3 is 2.69 bits per heavy atom. The Hall–Kier alpha value is -0.730. The Morgan fingerprint density at radius 2 is 2.00 bits per heavy atom. The minimum absolute atomic E-state index is 0.188. The van der Waals surface area contributed by atoms with Crippen LogP contribution in [0.5, 0.6) is 0 Å². The number of benzene rings is 2. The molecular weight excluding hydrogens is 243 g/mol. The molecule has 2 aromatic carbocycles. The van der Waals surface area contributed by atoms with E-state index in [9.17, 15) is 4.39 Å². The lowest BCUT2D eigenvalue weighted by Gasteiger charge is -2.15. The van der Waals surface area contributed by atoms with Crippen molar-refractivity contribution in [2.75, 3.05) is 6.26 Å². The molecule has 0 nitrogen and oxygen atoms in total. The lowest BCUT2D eigenvalue weighted by atomic mass is 10.0. The maximum atomic E-state index is 13.7. The minimum Gasteiger partial charge on any atom is -0.205 e. The zero-order chi connectivity index (χ0) is 11.7. The van der Waals surface area contributed by atoms with E-state index >= 15 is 0 Å². The predicted molar refractivity (Wildman–Crippen MR) is 70.8 cm³/mol. The van der Waals surface area contributed by atoms with Gasteiger partial charge in [-0.3, -0.25) is 0 Å². The first-order chi connectivity index (χ1) is 7.65. The summed E-state index contributed by atoms with van der Waals surface area (Å²) in [5, 5.41) is 2.38. The summed E-state index contributed by atoms with van der Waals surface area (Å²) in [5.74, 6) is -0.337. The third-order valence-corrected chi connectivity index (χ3v) is 4.07. The molecule has 2 rings (SSSR count). The predicted octanol–water partition coefficient (Wildman–Crippen LogP) is 5.06. The van der Waals surface area contributed by atoms with E-state index in [0.29, 0.717) is 0 Å². The second kappa shape index (κ2) is 4.64. The van der Waals surface area contributed by atoms with Crippen LogP contribution in [0.25, 0.3) is 10.8 Å². The first kappa shape index (κ1) is 11.7. The Morgan fingerprint density at radius 1 is 1.31 bits per heavy atom. The standard InChI is InChI=1S/C13H12ClFS/c1-8(16-2)12-10-6-4-3-5-9(10)7-11(15)13(12)14/h3-8H,1-2H3. The fourth-order valence-corrected chi connectivity index (χ4v) is 2.70. The summed E-state index contributed by atoms with van der Waals surface area (Å²) in [6, 6.07) is 9.25. The van der Waals surface area contributed by atoms with Gasteiger partial charge in [0, 0.05) is 5.25 Å².